The Hall–Kier alpha value is -4.17. The van der Waals surface area contributed by atoms with E-state index in [1.807, 2.05) is 13.3 Å². The van der Waals surface area contributed by atoms with Gasteiger partial charge < -0.3 is 19.7 Å². The monoisotopic (exact) mass is 734 g/mol. The quantitative estimate of drug-likeness (QED) is 0.145. The average Bonchev–Trinajstić information content (AvgIpc) is 3.86. The van der Waals surface area contributed by atoms with Crippen LogP contribution in [0.4, 0.5) is 19.0 Å². The molecule has 0 bridgehead atoms. The first-order valence-electron chi connectivity index (χ1n) is 17.8. The zero-order valence-electron chi connectivity index (χ0n) is 28.8. The van der Waals surface area contributed by atoms with Gasteiger partial charge in [-0.05, 0) is 43.3 Å². The smallest absolute Gasteiger partial charge is 0.434 e. The van der Waals surface area contributed by atoms with E-state index in [2.05, 4.69) is 20.2 Å². The molecule has 4 aliphatic heterocycles. The number of likely N-dealkylation sites (tertiary alicyclic amines) is 1. The van der Waals surface area contributed by atoms with E-state index in [4.69, 9.17) is 26.1 Å². The van der Waals surface area contributed by atoms with Gasteiger partial charge in [-0.25, -0.2) is 17.7 Å². The highest BCUT2D eigenvalue weighted by Crippen LogP contribution is 2.41. The number of aromatic nitrogens is 3. The summed E-state index contributed by atoms with van der Waals surface area (Å²) < 4.78 is 59.7. The van der Waals surface area contributed by atoms with E-state index >= 15 is 4.39 Å². The number of ether oxygens (including phenoxy) is 2. The number of fused-ring (bicyclic) bond motifs is 3. The van der Waals surface area contributed by atoms with Crippen molar-refractivity contribution in [2.24, 2.45) is 5.92 Å². The lowest BCUT2D eigenvalue weighted by Crippen LogP contribution is -2.43. The molecule has 4 aliphatic rings. The standard InChI is InChI=1S/C38H40ClF3N7O3/c1-47(19-23-10-14-48(20-23)30(50)9-7-26-17-43-12-15-51-26)36-28-18-44-34(27-5-2-4-24-6-8-29(41)32(39)31(24)27)33(42)35(28)45-37(46-36)52-22-38-11-3-13-49(38)21-25(40)16-38/h2,4-9,18-19,23,25-26,43H,3,10-17,20-22H2,1H3/q+1/b9-7+,47-19+/t23?,25-,26?,38+/m1/s1. The van der Waals surface area contributed by atoms with Crippen LogP contribution in [-0.4, -0.2) is 119 Å². The van der Waals surface area contributed by atoms with Gasteiger partial charge in [0.1, 0.15) is 35.2 Å². The normalized spacial score (nSPS) is 25.5. The average molecular weight is 735 g/mol. The van der Waals surface area contributed by atoms with Crippen LogP contribution in [-0.2, 0) is 9.53 Å². The van der Waals surface area contributed by atoms with Crippen molar-refractivity contribution in [3.8, 4) is 17.3 Å². The molecule has 14 heteroatoms. The molecule has 52 heavy (non-hydrogen) atoms. The molecule has 0 spiro atoms. The Bertz CT molecular complexity index is 2090. The Morgan fingerprint density at radius 2 is 2.10 bits per heavy atom. The van der Waals surface area contributed by atoms with Gasteiger partial charge in [-0.2, -0.15) is 4.98 Å². The predicted octanol–water partition coefficient (Wildman–Crippen LogP) is 5.47. The lowest BCUT2D eigenvalue weighted by atomic mass is 9.95. The molecule has 0 radical (unpaired) electrons. The van der Waals surface area contributed by atoms with E-state index in [-0.39, 0.29) is 46.8 Å². The molecule has 4 aromatic rings. The van der Waals surface area contributed by atoms with Crippen molar-refractivity contribution in [1.82, 2.24) is 30.1 Å². The van der Waals surface area contributed by atoms with E-state index in [0.717, 1.165) is 32.4 Å². The van der Waals surface area contributed by atoms with E-state index < -0.39 is 23.3 Å². The summed E-state index contributed by atoms with van der Waals surface area (Å²) in [6.07, 6.45) is 8.61. The molecule has 4 saturated heterocycles. The van der Waals surface area contributed by atoms with E-state index in [9.17, 15) is 13.6 Å². The molecular weight excluding hydrogens is 695 g/mol. The number of morpholine rings is 1. The van der Waals surface area contributed by atoms with Crippen molar-refractivity contribution in [1.29, 1.82) is 0 Å². The molecule has 2 aromatic heterocycles. The van der Waals surface area contributed by atoms with Crippen molar-refractivity contribution in [3.63, 3.8) is 0 Å². The number of amides is 1. The molecule has 6 heterocycles. The molecule has 10 nitrogen and oxygen atoms in total. The van der Waals surface area contributed by atoms with Gasteiger partial charge in [0, 0.05) is 73.3 Å². The van der Waals surface area contributed by atoms with Gasteiger partial charge in [0.15, 0.2) is 5.82 Å². The second-order valence-corrected chi connectivity index (χ2v) is 14.6. The first kappa shape index (κ1) is 34.9. The Kier molecular flexibility index (Phi) is 9.62. The highest BCUT2D eigenvalue weighted by atomic mass is 35.5. The third-order valence-electron chi connectivity index (χ3n) is 10.8. The highest BCUT2D eigenvalue weighted by Gasteiger charge is 2.49. The van der Waals surface area contributed by atoms with Gasteiger partial charge >= 0.3 is 11.8 Å². The topological polar surface area (TPSA) is 95.7 Å². The van der Waals surface area contributed by atoms with E-state index in [1.54, 1.807) is 45.9 Å². The third-order valence-corrected chi connectivity index (χ3v) is 11.1. The number of pyridine rings is 1. The van der Waals surface area contributed by atoms with Gasteiger partial charge in [0.05, 0.1) is 36.5 Å². The molecule has 2 unspecified atom stereocenters. The molecule has 272 valence electrons. The SMILES string of the molecule is C/[N+](=C\C1CCN(C(=O)/C=C/C2CNCCO2)C1)c1nc(OC[C@@]23CCCN2C[C@H](F)C3)nc2c(F)c(-c3cccc4ccc(F)c(Cl)c34)ncc12. The second-order valence-electron chi connectivity index (χ2n) is 14.2. The molecular formula is C38H40ClF3N7O3+. The molecule has 1 amide bonds. The van der Waals surface area contributed by atoms with Crippen LogP contribution in [0, 0.1) is 17.6 Å². The highest BCUT2D eigenvalue weighted by molar-refractivity contribution is 6.36. The number of hydrogen-bond donors (Lipinski definition) is 1. The number of nitrogens with one attached hydrogen (secondary N) is 1. The maximum atomic E-state index is 16.8. The predicted molar refractivity (Wildman–Crippen MR) is 192 cm³/mol. The van der Waals surface area contributed by atoms with Crippen LogP contribution in [0.3, 0.4) is 0 Å². The van der Waals surface area contributed by atoms with Crippen LogP contribution in [0.2, 0.25) is 5.02 Å². The van der Waals surface area contributed by atoms with Gasteiger partial charge in [-0.15, -0.1) is 0 Å². The largest absolute Gasteiger partial charge is 0.443 e. The number of nitrogens with zero attached hydrogens (tertiary/aromatic N) is 6. The minimum atomic E-state index is -0.938. The van der Waals surface area contributed by atoms with Crippen molar-refractivity contribution in [3.05, 3.63) is 65.3 Å². The summed E-state index contributed by atoms with van der Waals surface area (Å²) in [4.78, 5) is 30.7. The van der Waals surface area contributed by atoms with E-state index in [0.29, 0.717) is 66.7 Å². The zero-order chi connectivity index (χ0) is 36.0. The van der Waals surface area contributed by atoms with Crippen molar-refractivity contribution in [2.45, 2.75) is 43.5 Å². The fraction of sp³-hybridized carbons (Fsp3) is 0.447. The number of benzene rings is 2. The summed E-state index contributed by atoms with van der Waals surface area (Å²) in [5, 5.41) is 4.44. The fourth-order valence-corrected chi connectivity index (χ4v) is 8.47. The third kappa shape index (κ3) is 6.63. The summed E-state index contributed by atoms with van der Waals surface area (Å²) in [6, 6.07) is 7.97. The number of rotatable bonds is 8. The molecule has 8 rings (SSSR count). The van der Waals surface area contributed by atoms with Gasteiger partial charge in [0.2, 0.25) is 5.91 Å². The molecule has 1 N–H and O–H groups in total. The van der Waals surface area contributed by atoms with Gasteiger partial charge in [-0.1, -0.05) is 35.9 Å². The summed E-state index contributed by atoms with van der Waals surface area (Å²) in [5.41, 5.74) is -0.217. The van der Waals surface area contributed by atoms with Crippen LogP contribution < -0.4 is 10.1 Å². The fourth-order valence-electron chi connectivity index (χ4n) is 8.20. The second kappa shape index (κ2) is 14.3. The molecule has 0 saturated carbocycles. The van der Waals surface area contributed by atoms with Gasteiger partial charge in [-0.3, -0.25) is 14.7 Å². The number of hydrogen-bond acceptors (Lipinski definition) is 8. The van der Waals surface area contributed by atoms with Crippen molar-refractivity contribution in [2.75, 3.05) is 59.5 Å². The zero-order valence-corrected chi connectivity index (χ0v) is 29.6. The Labute approximate surface area is 304 Å². The van der Waals surface area contributed by atoms with Crippen LogP contribution in [0.25, 0.3) is 32.9 Å². The van der Waals surface area contributed by atoms with Crippen LogP contribution in [0.1, 0.15) is 25.7 Å². The summed E-state index contributed by atoms with van der Waals surface area (Å²) in [6.45, 7) is 4.49. The minimum Gasteiger partial charge on any atom is -0.443 e. The summed E-state index contributed by atoms with van der Waals surface area (Å²) in [5.74, 6) is -1.08. The molecule has 4 fully saturated rings. The van der Waals surface area contributed by atoms with Crippen molar-refractivity contribution >= 4 is 51.2 Å². The number of carbonyl (C=O) groups is 1. The molecule has 0 aliphatic carbocycles. The lowest BCUT2D eigenvalue weighted by molar-refractivity contribution is -0.405. The minimum absolute atomic E-state index is 0.0000408. The Morgan fingerprint density at radius 1 is 1.21 bits per heavy atom. The summed E-state index contributed by atoms with van der Waals surface area (Å²) >= 11 is 6.42. The first-order valence-corrected chi connectivity index (χ1v) is 18.2. The molecule has 4 atom stereocenters. The Morgan fingerprint density at radius 3 is 2.94 bits per heavy atom. The maximum absolute atomic E-state index is 16.8. The summed E-state index contributed by atoms with van der Waals surface area (Å²) in [7, 11) is 1.81. The van der Waals surface area contributed by atoms with Crippen LogP contribution in [0.5, 0.6) is 6.01 Å². The number of alkyl halides is 1. The van der Waals surface area contributed by atoms with Crippen molar-refractivity contribution < 1.29 is 32.0 Å². The van der Waals surface area contributed by atoms with Crippen LogP contribution in [0.15, 0.2) is 48.7 Å². The molecule has 2 aromatic carbocycles. The Balaban J connectivity index is 1.14. The van der Waals surface area contributed by atoms with Gasteiger partial charge in [0.25, 0.3) is 0 Å². The van der Waals surface area contributed by atoms with Crippen LogP contribution >= 0.6 is 11.6 Å². The first-order chi connectivity index (χ1) is 25.2. The maximum Gasteiger partial charge on any atom is 0.434 e. The lowest BCUT2D eigenvalue weighted by Gasteiger charge is -2.30. The number of carbonyl (C=O) groups excluding carboxylic acids is 1. The number of halogens is 4. The van der Waals surface area contributed by atoms with E-state index in [1.165, 1.54) is 12.3 Å².